The van der Waals surface area contributed by atoms with E-state index in [-0.39, 0.29) is 6.04 Å². The fourth-order valence-electron chi connectivity index (χ4n) is 1.88. The van der Waals surface area contributed by atoms with Crippen LogP contribution >= 0.6 is 0 Å². The Kier molecular flexibility index (Phi) is 5.12. The van der Waals surface area contributed by atoms with E-state index in [0.29, 0.717) is 6.42 Å². The Morgan fingerprint density at radius 3 is 2.72 bits per heavy atom. The highest BCUT2D eigenvalue weighted by Crippen LogP contribution is 2.28. The first-order chi connectivity index (χ1) is 8.49. The molecule has 2 atom stereocenters. The van der Waals surface area contributed by atoms with E-state index in [1.165, 1.54) is 0 Å². The molecule has 0 bridgehead atoms. The quantitative estimate of drug-likeness (QED) is 0.705. The van der Waals surface area contributed by atoms with Gasteiger partial charge in [0, 0.05) is 11.6 Å². The maximum Gasteiger partial charge on any atom is 0.320 e. The second-order valence-electron chi connectivity index (χ2n) is 4.27. The number of aryl methyl sites for hydroxylation is 1. The number of ether oxygens (including phenoxy) is 1. The van der Waals surface area contributed by atoms with E-state index in [1.807, 2.05) is 25.1 Å². The van der Waals surface area contributed by atoms with Gasteiger partial charge in [-0.05, 0) is 26.5 Å². The summed E-state index contributed by atoms with van der Waals surface area (Å²) in [5, 5.41) is 12.0. The smallest absolute Gasteiger partial charge is 0.320 e. The number of carboxylic acids is 1. The standard InChI is InChI=1S/C13H20N2O3/c1-8-4-5-12(18-3)9(6-8)11(15-2)7-10(14)13(16)17/h4-6,10-11,15H,7,14H2,1-3H3,(H,16,17). The summed E-state index contributed by atoms with van der Waals surface area (Å²) in [6.07, 6.45) is 0.311. The summed E-state index contributed by atoms with van der Waals surface area (Å²) in [6, 6.07) is 4.76. The average molecular weight is 252 g/mol. The van der Waals surface area contributed by atoms with Gasteiger partial charge in [0.1, 0.15) is 11.8 Å². The molecule has 2 unspecified atom stereocenters. The first-order valence-corrected chi connectivity index (χ1v) is 5.79. The van der Waals surface area contributed by atoms with Gasteiger partial charge in [-0.3, -0.25) is 4.79 Å². The third kappa shape index (κ3) is 3.45. The predicted molar refractivity (Wildman–Crippen MR) is 69.8 cm³/mol. The van der Waals surface area contributed by atoms with E-state index in [2.05, 4.69) is 5.32 Å². The summed E-state index contributed by atoms with van der Waals surface area (Å²) >= 11 is 0. The zero-order valence-electron chi connectivity index (χ0n) is 10.9. The van der Waals surface area contributed by atoms with Crippen molar-refractivity contribution in [2.45, 2.75) is 25.4 Å². The van der Waals surface area contributed by atoms with E-state index < -0.39 is 12.0 Å². The molecule has 0 aliphatic rings. The summed E-state index contributed by atoms with van der Waals surface area (Å²) in [6.45, 7) is 1.98. The van der Waals surface area contributed by atoms with Crippen LogP contribution in [0.1, 0.15) is 23.6 Å². The topological polar surface area (TPSA) is 84.6 Å². The monoisotopic (exact) mass is 252 g/mol. The number of benzene rings is 1. The molecule has 0 radical (unpaired) electrons. The minimum absolute atomic E-state index is 0.147. The molecule has 0 aliphatic carbocycles. The molecule has 18 heavy (non-hydrogen) atoms. The number of carbonyl (C=O) groups is 1. The van der Waals surface area contributed by atoms with E-state index >= 15 is 0 Å². The van der Waals surface area contributed by atoms with Crippen molar-refractivity contribution >= 4 is 5.97 Å². The van der Waals surface area contributed by atoms with Crippen molar-refractivity contribution in [3.8, 4) is 5.75 Å². The third-order valence-electron chi connectivity index (χ3n) is 2.92. The van der Waals surface area contributed by atoms with E-state index in [1.54, 1.807) is 14.2 Å². The molecule has 0 amide bonds. The fourth-order valence-corrected chi connectivity index (χ4v) is 1.88. The number of carboxylic acid groups (broad SMARTS) is 1. The zero-order valence-corrected chi connectivity index (χ0v) is 10.9. The Bertz CT molecular complexity index is 421. The van der Waals surface area contributed by atoms with Crippen LogP contribution < -0.4 is 15.8 Å². The third-order valence-corrected chi connectivity index (χ3v) is 2.92. The molecule has 0 saturated carbocycles. The van der Waals surface area contributed by atoms with Gasteiger partial charge in [-0.1, -0.05) is 17.7 Å². The number of hydrogen-bond donors (Lipinski definition) is 3. The molecule has 1 aromatic rings. The summed E-state index contributed by atoms with van der Waals surface area (Å²) in [5.74, 6) is -0.264. The Morgan fingerprint density at radius 1 is 1.56 bits per heavy atom. The molecule has 5 nitrogen and oxygen atoms in total. The first kappa shape index (κ1) is 14.5. The highest BCUT2D eigenvalue weighted by molar-refractivity contribution is 5.73. The molecule has 0 fully saturated rings. The summed E-state index contributed by atoms with van der Waals surface area (Å²) in [4.78, 5) is 10.8. The lowest BCUT2D eigenvalue weighted by molar-refractivity contribution is -0.138. The molecule has 1 aromatic carbocycles. The number of hydrogen-bond acceptors (Lipinski definition) is 4. The van der Waals surface area contributed by atoms with Crippen molar-refractivity contribution in [2.75, 3.05) is 14.2 Å². The van der Waals surface area contributed by atoms with Crippen molar-refractivity contribution in [2.24, 2.45) is 5.73 Å². The molecular weight excluding hydrogens is 232 g/mol. The molecule has 5 heteroatoms. The molecule has 0 aliphatic heterocycles. The summed E-state index contributed by atoms with van der Waals surface area (Å²) in [7, 11) is 3.37. The van der Waals surface area contributed by atoms with Gasteiger partial charge in [0.2, 0.25) is 0 Å². The van der Waals surface area contributed by atoms with Crippen molar-refractivity contribution < 1.29 is 14.6 Å². The number of nitrogens with one attached hydrogen (secondary N) is 1. The van der Waals surface area contributed by atoms with Crippen LogP contribution in [0.4, 0.5) is 0 Å². The normalized spacial score (nSPS) is 14.0. The highest BCUT2D eigenvalue weighted by atomic mass is 16.5. The lowest BCUT2D eigenvalue weighted by Gasteiger charge is -2.21. The molecule has 0 aromatic heterocycles. The molecule has 0 heterocycles. The van der Waals surface area contributed by atoms with Crippen LogP contribution in [-0.4, -0.2) is 31.3 Å². The molecule has 0 spiro atoms. The minimum atomic E-state index is -0.998. The van der Waals surface area contributed by atoms with Gasteiger partial charge in [0.15, 0.2) is 0 Å². The second-order valence-corrected chi connectivity index (χ2v) is 4.27. The van der Waals surface area contributed by atoms with Crippen LogP contribution in [0.15, 0.2) is 18.2 Å². The van der Waals surface area contributed by atoms with Gasteiger partial charge in [0.25, 0.3) is 0 Å². The number of nitrogens with two attached hydrogens (primary N) is 1. The van der Waals surface area contributed by atoms with Gasteiger partial charge < -0.3 is 20.9 Å². The second kappa shape index (κ2) is 6.37. The SMILES string of the molecule is CNC(CC(N)C(=O)O)c1cc(C)ccc1OC. The first-order valence-electron chi connectivity index (χ1n) is 5.79. The number of aliphatic carboxylic acids is 1. The molecular formula is C13H20N2O3. The molecule has 0 saturated heterocycles. The maximum atomic E-state index is 10.8. The predicted octanol–water partition coefficient (Wildman–Crippen LogP) is 1.07. The Hall–Kier alpha value is -1.59. The van der Waals surface area contributed by atoms with Crippen LogP contribution in [0.25, 0.3) is 0 Å². The van der Waals surface area contributed by atoms with Crippen LogP contribution in [0.3, 0.4) is 0 Å². The van der Waals surface area contributed by atoms with Crippen molar-refractivity contribution in [1.29, 1.82) is 0 Å². The lowest BCUT2D eigenvalue weighted by Crippen LogP contribution is -2.34. The number of methoxy groups -OCH3 is 1. The van der Waals surface area contributed by atoms with E-state index in [0.717, 1.165) is 16.9 Å². The fraction of sp³-hybridized carbons (Fsp3) is 0.462. The van der Waals surface area contributed by atoms with Crippen LogP contribution in [0, 0.1) is 6.92 Å². The van der Waals surface area contributed by atoms with Gasteiger partial charge in [0.05, 0.1) is 7.11 Å². The number of rotatable bonds is 6. The summed E-state index contributed by atoms with van der Waals surface area (Å²) in [5.41, 5.74) is 7.60. The van der Waals surface area contributed by atoms with E-state index in [9.17, 15) is 4.79 Å². The average Bonchev–Trinajstić information content (AvgIpc) is 2.35. The van der Waals surface area contributed by atoms with Crippen LogP contribution in [-0.2, 0) is 4.79 Å². The van der Waals surface area contributed by atoms with E-state index in [4.69, 9.17) is 15.6 Å². The Balaban J connectivity index is 3.00. The van der Waals surface area contributed by atoms with Crippen LogP contribution in [0.5, 0.6) is 5.75 Å². The van der Waals surface area contributed by atoms with Crippen molar-refractivity contribution in [3.63, 3.8) is 0 Å². The largest absolute Gasteiger partial charge is 0.496 e. The zero-order chi connectivity index (χ0) is 13.7. The maximum absolute atomic E-state index is 10.8. The van der Waals surface area contributed by atoms with Crippen LogP contribution in [0.2, 0.25) is 0 Å². The Morgan fingerprint density at radius 2 is 2.22 bits per heavy atom. The van der Waals surface area contributed by atoms with Crippen molar-refractivity contribution in [3.05, 3.63) is 29.3 Å². The summed E-state index contributed by atoms with van der Waals surface area (Å²) < 4.78 is 5.30. The minimum Gasteiger partial charge on any atom is -0.496 e. The van der Waals surface area contributed by atoms with Gasteiger partial charge in [-0.25, -0.2) is 0 Å². The molecule has 4 N–H and O–H groups in total. The van der Waals surface area contributed by atoms with Gasteiger partial charge >= 0.3 is 5.97 Å². The van der Waals surface area contributed by atoms with Gasteiger partial charge in [-0.2, -0.15) is 0 Å². The van der Waals surface area contributed by atoms with Crippen molar-refractivity contribution in [1.82, 2.24) is 5.32 Å². The van der Waals surface area contributed by atoms with Gasteiger partial charge in [-0.15, -0.1) is 0 Å². The lowest BCUT2D eigenvalue weighted by atomic mass is 9.97. The Labute approximate surface area is 107 Å². The molecule has 1 rings (SSSR count). The highest BCUT2D eigenvalue weighted by Gasteiger charge is 2.21. The molecule has 100 valence electrons.